The molecule has 3 N–H and O–H groups in total. The third-order valence-electron chi connectivity index (χ3n) is 3.13. The molecule has 1 amide bonds. The summed E-state index contributed by atoms with van der Waals surface area (Å²) in [6.07, 6.45) is 2.49. The highest BCUT2D eigenvalue weighted by molar-refractivity contribution is 5.77. The second-order valence-electron chi connectivity index (χ2n) is 5.68. The summed E-state index contributed by atoms with van der Waals surface area (Å²) in [7, 11) is 1.63. The Morgan fingerprint density at radius 2 is 1.90 bits per heavy atom. The molecule has 0 fully saturated rings. The predicted molar refractivity (Wildman–Crippen MR) is 77.6 cm³/mol. The Kier molecular flexibility index (Phi) is 10.0. The van der Waals surface area contributed by atoms with Crippen LogP contribution in [0.3, 0.4) is 0 Å². The first-order valence-electron chi connectivity index (χ1n) is 7.05. The number of carboxylic acid groups (broad SMARTS) is 1. The van der Waals surface area contributed by atoms with Crippen molar-refractivity contribution in [2.45, 2.75) is 39.5 Å². The lowest BCUT2D eigenvalue weighted by atomic mass is 9.84. The molecule has 0 saturated carbocycles. The van der Waals surface area contributed by atoms with Gasteiger partial charge in [-0.25, -0.2) is 0 Å². The molecule has 20 heavy (non-hydrogen) atoms. The van der Waals surface area contributed by atoms with Crippen LogP contribution >= 0.6 is 0 Å². The van der Waals surface area contributed by atoms with E-state index >= 15 is 0 Å². The number of hydrogen-bond acceptors (Lipinski definition) is 4. The van der Waals surface area contributed by atoms with Gasteiger partial charge in [0.1, 0.15) is 0 Å². The Hall–Kier alpha value is -1.14. The van der Waals surface area contributed by atoms with Crippen molar-refractivity contribution < 1.29 is 19.4 Å². The van der Waals surface area contributed by atoms with Gasteiger partial charge in [0.05, 0.1) is 6.54 Å². The smallest absolute Gasteiger partial charge is 0.303 e. The van der Waals surface area contributed by atoms with Crippen LogP contribution in [0.1, 0.15) is 39.5 Å². The minimum absolute atomic E-state index is 0.0237. The van der Waals surface area contributed by atoms with Crippen LogP contribution in [0.2, 0.25) is 0 Å². The summed E-state index contributed by atoms with van der Waals surface area (Å²) < 4.78 is 4.89. The summed E-state index contributed by atoms with van der Waals surface area (Å²) in [5.74, 6) is -0.786. The van der Waals surface area contributed by atoms with E-state index in [1.165, 1.54) is 0 Å². The standard InChI is InChI=1S/C14H28N2O4/c1-14(2,6-5-13(18)19)7-9-15-11-12(17)16-8-4-10-20-3/h15H,4-11H2,1-3H3,(H,16,17)(H,18,19). The largest absolute Gasteiger partial charge is 0.481 e. The Labute approximate surface area is 121 Å². The highest BCUT2D eigenvalue weighted by Crippen LogP contribution is 2.25. The molecule has 0 atom stereocenters. The van der Waals surface area contributed by atoms with Crippen LogP contribution in [0, 0.1) is 5.41 Å². The van der Waals surface area contributed by atoms with E-state index in [1.54, 1.807) is 7.11 Å². The summed E-state index contributed by atoms with van der Waals surface area (Å²) in [6, 6.07) is 0. The zero-order chi connectivity index (χ0) is 15.4. The molecule has 0 heterocycles. The highest BCUT2D eigenvalue weighted by atomic mass is 16.5. The molecule has 0 rings (SSSR count). The first-order chi connectivity index (χ1) is 9.37. The van der Waals surface area contributed by atoms with Gasteiger partial charge in [-0.15, -0.1) is 0 Å². The fourth-order valence-corrected chi connectivity index (χ4v) is 1.71. The minimum Gasteiger partial charge on any atom is -0.481 e. The SMILES string of the molecule is COCCCNC(=O)CNCCC(C)(C)CCC(=O)O. The third kappa shape index (κ3) is 11.9. The molecule has 0 aliphatic rings. The molecule has 0 aliphatic heterocycles. The van der Waals surface area contributed by atoms with Gasteiger partial charge in [-0.05, 0) is 31.2 Å². The summed E-state index contributed by atoms with van der Waals surface area (Å²) >= 11 is 0. The van der Waals surface area contributed by atoms with E-state index < -0.39 is 5.97 Å². The van der Waals surface area contributed by atoms with E-state index in [2.05, 4.69) is 10.6 Å². The number of methoxy groups -OCH3 is 1. The molecule has 0 aromatic heterocycles. The molecular weight excluding hydrogens is 260 g/mol. The van der Waals surface area contributed by atoms with Gasteiger partial charge >= 0.3 is 5.97 Å². The highest BCUT2D eigenvalue weighted by Gasteiger charge is 2.18. The number of carbonyl (C=O) groups is 2. The number of carboxylic acids is 1. The number of hydrogen-bond donors (Lipinski definition) is 3. The monoisotopic (exact) mass is 288 g/mol. The van der Waals surface area contributed by atoms with E-state index in [0.29, 0.717) is 32.7 Å². The van der Waals surface area contributed by atoms with Gasteiger partial charge in [0.2, 0.25) is 5.91 Å². The zero-order valence-electron chi connectivity index (χ0n) is 12.8. The number of rotatable bonds is 12. The van der Waals surface area contributed by atoms with Gasteiger partial charge in [-0.2, -0.15) is 0 Å². The topological polar surface area (TPSA) is 87.7 Å². The lowest BCUT2D eigenvalue weighted by Gasteiger charge is -2.23. The van der Waals surface area contributed by atoms with E-state index in [9.17, 15) is 9.59 Å². The second-order valence-corrected chi connectivity index (χ2v) is 5.68. The maximum Gasteiger partial charge on any atom is 0.303 e. The lowest BCUT2D eigenvalue weighted by Crippen LogP contribution is -2.36. The molecule has 6 heteroatoms. The Bertz CT molecular complexity index is 293. The van der Waals surface area contributed by atoms with Crippen molar-refractivity contribution in [2.75, 3.05) is 33.4 Å². The molecule has 6 nitrogen and oxygen atoms in total. The summed E-state index contributed by atoms with van der Waals surface area (Å²) in [5, 5.41) is 14.5. The summed E-state index contributed by atoms with van der Waals surface area (Å²) in [6.45, 7) is 6.36. The number of amides is 1. The number of carbonyl (C=O) groups excluding carboxylic acids is 1. The number of ether oxygens (including phenoxy) is 1. The first kappa shape index (κ1) is 18.9. The minimum atomic E-state index is -0.763. The van der Waals surface area contributed by atoms with Crippen molar-refractivity contribution in [3.8, 4) is 0 Å². The lowest BCUT2D eigenvalue weighted by molar-refractivity contribution is -0.137. The number of nitrogens with one attached hydrogen (secondary N) is 2. The van der Waals surface area contributed by atoms with Crippen molar-refractivity contribution in [3.63, 3.8) is 0 Å². The van der Waals surface area contributed by atoms with Crippen LogP contribution in [0.25, 0.3) is 0 Å². The quantitative estimate of drug-likeness (QED) is 0.467. The average Bonchev–Trinajstić information content (AvgIpc) is 2.38. The molecular formula is C14H28N2O4. The van der Waals surface area contributed by atoms with Crippen molar-refractivity contribution >= 4 is 11.9 Å². The van der Waals surface area contributed by atoms with Gasteiger partial charge in [-0.3, -0.25) is 9.59 Å². The van der Waals surface area contributed by atoms with E-state index in [4.69, 9.17) is 9.84 Å². The maximum absolute atomic E-state index is 11.5. The molecule has 0 bridgehead atoms. The van der Waals surface area contributed by atoms with Crippen LogP contribution in [0.4, 0.5) is 0 Å². The van der Waals surface area contributed by atoms with Crippen molar-refractivity contribution in [1.29, 1.82) is 0 Å². The molecule has 0 saturated heterocycles. The molecule has 0 radical (unpaired) electrons. The van der Waals surface area contributed by atoms with Gasteiger partial charge in [0.25, 0.3) is 0 Å². The van der Waals surface area contributed by atoms with Gasteiger partial charge in [0, 0.05) is 26.7 Å². The molecule has 0 spiro atoms. The Morgan fingerprint density at radius 3 is 2.50 bits per heavy atom. The van der Waals surface area contributed by atoms with Crippen molar-refractivity contribution in [3.05, 3.63) is 0 Å². The molecule has 118 valence electrons. The Morgan fingerprint density at radius 1 is 1.20 bits per heavy atom. The van der Waals surface area contributed by atoms with Crippen LogP contribution in [0.15, 0.2) is 0 Å². The van der Waals surface area contributed by atoms with Crippen molar-refractivity contribution in [2.24, 2.45) is 5.41 Å². The van der Waals surface area contributed by atoms with E-state index in [-0.39, 0.29) is 17.7 Å². The Balaban J connectivity index is 3.58. The van der Waals surface area contributed by atoms with Crippen molar-refractivity contribution in [1.82, 2.24) is 10.6 Å². The summed E-state index contributed by atoms with van der Waals surface area (Å²) in [4.78, 5) is 22.0. The van der Waals surface area contributed by atoms with Gasteiger partial charge in [0.15, 0.2) is 0 Å². The zero-order valence-corrected chi connectivity index (χ0v) is 12.8. The normalized spacial score (nSPS) is 11.3. The van der Waals surface area contributed by atoms with Crippen LogP contribution in [-0.2, 0) is 14.3 Å². The first-order valence-corrected chi connectivity index (χ1v) is 7.05. The second kappa shape index (κ2) is 10.6. The van der Waals surface area contributed by atoms with Gasteiger partial charge in [-0.1, -0.05) is 13.8 Å². The fraction of sp³-hybridized carbons (Fsp3) is 0.857. The average molecular weight is 288 g/mol. The molecule has 0 unspecified atom stereocenters. The third-order valence-corrected chi connectivity index (χ3v) is 3.13. The van der Waals surface area contributed by atoms with E-state index in [1.807, 2.05) is 13.8 Å². The van der Waals surface area contributed by atoms with Gasteiger partial charge < -0.3 is 20.5 Å². The predicted octanol–water partition coefficient (Wildman–Crippen LogP) is 1.01. The number of aliphatic carboxylic acids is 1. The maximum atomic E-state index is 11.5. The van der Waals surface area contributed by atoms with Crippen LogP contribution in [0.5, 0.6) is 0 Å². The van der Waals surface area contributed by atoms with E-state index in [0.717, 1.165) is 12.8 Å². The molecule has 0 aromatic carbocycles. The molecule has 0 aromatic rings. The fourth-order valence-electron chi connectivity index (χ4n) is 1.71. The summed E-state index contributed by atoms with van der Waals surface area (Å²) in [5.41, 5.74) is -0.0274. The van der Waals surface area contributed by atoms with Crippen LogP contribution < -0.4 is 10.6 Å². The van der Waals surface area contributed by atoms with Crippen LogP contribution in [-0.4, -0.2) is 50.3 Å². The molecule has 0 aliphatic carbocycles.